The van der Waals surface area contributed by atoms with Gasteiger partial charge in [0.1, 0.15) is 22.1 Å². The van der Waals surface area contributed by atoms with Crippen LogP contribution in [0.2, 0.25) is 5.28 Å². The van der Waals surface area contributed by atoms with Gasteiger partial charge < -0.3 is 24.3 Å². The van der Waals surface area contributed by atoms with Crippen LogP contribution >= 0.6 is 43.5 Å². The fraction of sp³-hybridized carbons (Fsp3) is 0.310. The van der Waals surface area contributed by atoms with E-state index in [2.05, 4.69) is 73.8 Å². The highest BCUT2D eigenvalue weighted by Gasteiger charge is 2.20. The minimum Gasteiger partial charge on any atom is -0.476 e. The number of rotatable bonds is 5. The summed E-state index contributed by atoms with van der Waals surface area (Å²) in [5, 5.41) is 2.29. The van der Waals surface area contributed by atoms with E-state index >= 15 is 0 Å². The molecule has 0 spiro atoms. The van der Waals surface area contributed by atoms with Crippen molar-refractivity contribution in [3.8, 4) is 11.8 Å². The third kappa shape index (κ3) is 5.67. The SMILES string of the molecule is CCOc1nc(Cl)nc2c1[nH]c1cc(Br)ccc12.CCOc1nc(N2CCCCC2)nc2c1[nH]c1cc(Br)ccc12. The van der Waals surface area contributed by atoms with Crippen LogP contribution in [0.5, 0.6) is 11.8 Å². The second-order valence-electron chi connectivity index (χ2n) is 9.62. The van der Waals surface area contributed by atoms with Crippen molar-refractivity contribution in [1.29, 1.82) is 0 Å². The van der Waals surface area contributed by atoms with Gasteiger partial charge in [0.05, 0.1) is 13.2 Å². The van der Waals surface area contributed by atoms with Gasteiger partial charge in [-0.05, 0) is 81.1 Å². The Hall–Kier alpha value is -3.15. The van der Waals surface area contributed by atoms with E-state index in [1.807, 2.05) is 38.1 Å². The number of aromatic nitrogens is 6. The first kappa shape index (κ1) is 28.0. The van der Waals surface area contributed by atoms with Gasteiger partial charge >= 0.3 is 0 Å². The number of benzene rings is 2. The highest BCUT2D eigenvalue weighted by atomic mass is 79.9. The maximum absolute atomic E-state index is 5.92. The van der Waals surface area contributed by atoms with E-state index in [-0.39, 0.29) is 5.28 Å². The number of hydrogen-bond acceptors (Lipinski definition) is 7. The van der Waals surface area contributed by atoms with Gasteiger partial charge in [-0.25, -0.2) is 9.97 Å². The maximum atomic E-state index is 5.92. The highest BCUT2D eigenvalue weighted by Crippen LogP contribution is 2.34. The first-order chi connectivity index (χ1) is 19.9. The third-order valence-corrected chi connectivity index (χ3v) is 8.06. The number of ether oxygens (including phenoxy) is 2. The van der Waals surface area contributed by atoms with Crippen LogP contribution in [-0.2, 0) is 0 Å². The first-order valence-electron chi connectivity index (χ1n) is 13.6. The van der Waals surface area contributed by atoms with Crippen molar-refractivity contribution < 1.29 is 9.47 Å². The fourth-order valence-electron chi connectivity index (χ4n) is 5.10. The van der Waals surface area contributed by atoms with Crippen LogP contribution in [0.15, 0.2) is 45.3 Å². The Labute approximate surface area is 258 Å². The summed E-state index contributed by atoms with van der Waals surface area (Å²) in [5.74, 6) is 1.91. The standard InChI is InChI=1S/C17H19BrN4O.C12H9BrClN3O/c1-2-23-16-15-14(12-7-6-11(18)10-13(12)19-15)20-17(21-16)22-8-4-3-5-9-22;1-2-18-11-10-9(16-12(14)17-11)7-4-3-6(13)5-8(7)15-10/h6-7,10,19H,2-5,8-9H2,1H3;3-5,15H,2H2,1H3. The number of nitrogens with one attached hydrogen (secondary N) is 2. The number of piperidine rings is 1. The number of fused-ring (bicyclic) bond motifs is 6. The Kier molecular flexibility index (Phi) is 8.19. The van der Waals surface area contributed by atoms with Gasteiger partial charge in [0.2, 0.25) is 23.0 Å². The predicted molar refractivity (Wildman–Crippen MR) is 172 cm³/mol. The molecule has 0 atom stereocenters. The van der Waals surface area contributed by atoms with Crippen molar-refractivity contribution in [2.24, 2.45) is 0 Å². The van der Waals surface area contributed by atoms with E-state index in [1.165, 1.54) is 19.3 Å². The number of halogens is 3. The summed E-state index contributed by atoms with van der Waals surface area (Å²) in [6.07, 6.45) is 3.69. The van der Waals surface area contributed by atoms with Gasteiger partial charge in [-0.1, -0.05) is 31.9 Å². The summed E-state index contributed by atoms with van der Waals surface area (Å²) in [4.78, 5) is 26.8. The largest absolute Gasteiger partial charge is 0.476 e. The number of hydrogen-bond donors (Lipinski definition) is 2. The molecule has 5 heterocycles. The van der Waals surface area contributed by atoms with Crippen LogP contribution in [0.4, 0.5) is 5.95 Å². The van der Waals surface area contributed by atoms with Crippen LogP contribution < -0.4 is 14.4 Å². The lowest BCUT2D eigenvalue weighted by Crippen LogP contribution is -2.31. The predicted octanol–water partition coefficient (Wildman–Crippen LogP) is 8.19. The molecule has 7 rings (SSSR count). The third-order valence-electron chi connectivity index (χ3n) is 6.91. The molecule has 0 unspecified atom stereocenters. The molecule has 2 N–H and O–H groups in total. The zero-order valence-electron chi connectivity index (χ0n) is 22.6. The molecule has 1 aliphatic heterocycles. The first-order valence-corrected chi connectivity index (χ1v) is 15.6. The molecular formula is C29H28Br2ClN7O2. The lowest BCUT2D eigenvalue weighted by molar-refractivity contribution is 0.330. The molecule has 12 heteroatoms. The van der Waals surface area contributed by atoms with Crippen molar-refractivity contribution in [3.63, 3.8) is 0 Å². The van der Waals surface area contributed by atoms with E-state index in [0.29, 0.717) is 25.0 Å². The average Bonchev–Trinajstić information content (AvgIpc) is 3.51. The fourth-order valence-corrected chi connectivity index (χ4v) is 5.98. The molecule has 0 saturated carbocycles. The van der Waals surface area contributed by atoms with E-state index < -0.39 is 0 Å². The van der Waals surface area contributed by atoms with E-state index in [1.54, 1.807) is 0 Å². The second kappa shape index (κ2) is 12.0. The Morgan fingerprint density at radius 2 is 1.29 bits per heavy atom. The Balaban J connectivity index is 0.000000152. The zero-order valence-corrected chi connectivity index (χ0v) is 26.5. The van der Waals surface area contributed by atoms with E-state index in [9.17, 15) is 0 Å². The molecular weight excluding hydrogens is 674 g/mol. The molecule has 4 aromatic heterocycles. The summed E-state index contributed by atoms with van der Waals surface area (Å²) in [5.41, 5.74) is 5.37. The summed E-state index contributed by atoms with van der Waals surface area (Å²) >= 11 is 12.9. The number of H-pyrrole nitrogens is 2. The van der Waals surface area contributed by atoms with E-state index in [4.69, 9.17) is 26.1 Å². The van der Waals surface area contributed by atoms with Gasteiger partial charge in [0, 0.05) is 43.8 Å². The summed E-state index contributed by atoms with van der Waals surface area (Å²) in [6, 6.07) is 12.1. The minimum atomic E-state index is 0.190. The molecule has 6 aromatic rings. The summed E-state index contributed by atoms with van der Waals surface area (Å²) < 4.78 is 13.3. The van der Waals surface area contributed by atoms with Crippen molar-refractivity contribution in [2.75, 3.05) is 31.2 Å². The van der Waals surface area contributed by atoms with E-state index in [0.717, 1.165) is 71.9 Å². The molecule has 9 nitrogen and oxygen atoms in total. The monoisotopic (exact) mass is 699 g/mol. The Morgan fingerprint density at radius 1 is 0.756 bits per heavy atom. The van der Waals surface area contributed by atoms with Crippen molar-refractivity contribution in [3.05, 3.63) is 50.6 Å². The van der Waals surface area contributed by atoms with Crippen LogP contribution in [0.1, 0.15) is 33.1 Å². The zero-order chi connectivity index (χ0) is 28.5. The van der Waals surface area contributed by atoms with Gasteiger partial charge in [-0.15, -0.1) is 0 Å². The lowest BCUT2D eigenvalue weighted by atomic mass is 10.1. The second-order valence-corrected chi connectivity index (χ2v) is 11.8. The quantitative estimate of drug-likeness (QED) is 0.175. The van der Waals surface area contributed by atoms with Gasteiger partial charge in [0.25, 0.3) is 0 Å². The molecule has 1 fully saturated rings. The summed E-state index contributed by atoms with van der Waals surface area (Å²) in [7, 11) is 0. The van der Waals surface area contributed by atoms with Crippen molar-refractivity contribution >= 4 is 93.3 Å². The van der Waals surface area contributed by atoms with Crippen molar-refractivity contribution in [1.82, 2.24) is 29.9 Å². The molecule has 2 aromatic carbocycles. The molecule has 41 heavy (non-hydrogen) atoms. The molecule has 0 aliphatic carbocycles. The maximum Gasteiger partial charge on any atom is 0.243 e. The number of aromatic amines is 2. The smallest absolute Gasteiger partial charge is 0.243 e. The molecule has 0 bridgehead atoms. The Morgan fingerprint density at radius 3 is 1.85 bits per heavy atom. The molecule has 1 aliphatic rings. The van der Waals surface area contributed by atoms with Gasteiger partial charge in [-0.2, -0.15) is 9.97 Å². The number of nitrogens with zero attached hydrogens (tertiary/aromatic N) is 5. The van der Waals surface area contributed by atoms with Crippen LogP contribution in [-0.4, -0.2) is 56.2 Å². The molecule has 0 amide bonds. The summed E-state index contributed by atoms with van der Waals surface area (Å²) in [6.45, 7) is 7.04. The van der Waals surface area contributed by atoms with Crippen molar-refractivity contribution in [2.45, 2.75) is 33.1 Å². The molecule has 0 radical (unpaired) electrons. The average molecular weight is 702 g/mol. The number of anilines is 1. The highest BCUT2D eigenvalue weighted by molar-refractivity contribution is 9.10. The van der Waals surface area contributed by atoms with Crippen LogP contribution in [0.3, 0.4) is 0 Å². The van der Waals surface area contributed by atoms with Crippen LogP contribution in [0.25, 0.3) is 43.9 Å². The minimum absolute atomic E-state index is 0.190. The lowest BCUT2D eigenvalue weighted by Gasteiger charge is -2.26. The Bertz CT molecular complexity index is 1870. The van der Waals surface area contributed by atoms with Gasteiger partial charge in [-0.3, -0.25) is 0 Å². The van der Waals surface area contributed by atoms with Crippen LogP contribution in [0, 0.1) is 0 Å². The molecule has 212 valence electrons. The topological polar surface area (TPSA) is 105 Å². The molecule has 1 saturated heterocycles. The van der Waals surface area contributed by atoms with Gasteiger partial charge in [0.15, 0.2) is 0 Å². The normalized spacial score (nSPS) is 13.6.